The number of cyclic esters (lactones) is 1. The number of carbonyl (C=O) groups excluding carboxylic acids is 1. The maximum atomic E-state index is 12.2. The molecule has 4 nitrogen and oxygen atoms in total. The minimum atomic E-state index is -0.723. The minimum Gasteiger partial charge on any atom is -0.455 e. The van der Waals surface area contributed by atoms with Gasteiger partial charge in [0.25, 0.3) is 0 Å². The van der Waals surface area contributed by atoms with Crippen LogP contribution in [0.25, 0.3) is 0 Å². The maximum absolute atomic E-state index is 12.2. The molecule has 5 atom stereocenters. The van der Waals surface area contributed by atoms with E-state index in [-0.39, 0.29) is 24.4 Å². The molecule has 0 unspecified atom stereocenters. The summed E-state index contributed by atoms with van der Waals surface area (Å²) in [4.78, 5) is 12.2. The summed E-state index contributed by atoms with van der Waals surface area (Å²) in [5.74, 6) is -0.0656. The monoisotopic (exact) mass is 440 g/mol. The molecule has 0 bridgehead atoms. The van der Waals surface area contributed by atoms with Crippen LogP contribution in [0.4, 0.5) is 0 Å². The van der Waals surface area contributed by atoms with Crippen molar-refractivity contribution in [3.63, 3.8) is 0 Å². The number of hydrogen-bond donors (Lipinski definition) is 2. The van der Waals surface area contributed by atoms with Crippen molar-refractivity contribution >= 4 is 5.97 Å². The lowest BCUT2D eigenvalue weighted by molar-refractivity contribution is -0.140. The molecule has 1 heterocycles. The molecule has 0 radical (unpaired) electrons. The summed E-state index contributed by atoms with van der Waals surface area (Å²) in [6.45, 7) is 8.06. The number of allylic oxidation sites excluding steroid dienone is 9. The van der Waals surface area contributed by atoms with Gasteiger partial charge in [0.1, 0.15) is 6.10 Å². The highest BCUT2D eigenvalue weighted by Gasteiger charge is 2.14. The normalized spacial score (nSPS) is 36.0. The first-order valence-corrected chi connectivity index (χ1v) is 11.6. The number of carbonyl (C=O) groups is 1. The van der Waals surface area contributed by atoms with Crippen LogP contribution in [-0.4, -0.2) is 34.5 Å². The van der Waals surface area contributed by atoms with E-state index in [1.165, 1.54) is 6.08 Å². The SMILES string of the molecule is CC/C=C/[C@H]1C/C=C/C=C\[C@H](O)C[C@@H](O)[C@@H](C)/C=C/C[C@@H](C)/C=C/C=C(C)/C=C/C(=O)O1. The van der Waals surface area contributed by atoms with Gasteiger partial charge >= 0.3 is 5.97 Å². The molecule has 4 heteroatoms. The zero-order valence-corrected chi connectivity index (χ0v) is 19.9. The van der Waals surface area contributed by atoms with Crippen molar-refractivity contribution in [2.45, 2.75) is 71.7 Å². The molecule has 2 N–H and O–H groups in total. The standard InChI is InChI=1S/C28H40O4/c1-5-6-17-26-18-9-7-8-16-25(29)21-27(30)24(4)15-11-14-22(2)12-10-13-23(3)19-20-28(31)32-26/h6-13,15-17,19-20,22,24-27,29-30H,5,14,18,21H2,1-4H3/b9-7+,12-10+,15-11+,16-8-,17-6+,20-19+,23-13+/t22-,24-,25-,26-,27+/m0/s1. The molecule has 1 rings (SSSR count). The van der Waals surface area contributed by atoms with Crippen LogP contribution < -0.4 is 0 Å². The first-order valence-electron chi connectivity index (χ1n) is 11.6. The molecule has 0 fully saturated rings. The second-order valence-electron chi connectivity index (χ2n) is 8.36. The number of rotatable bonds is 2. The fraction of sp³-hybridized carbons (Fsp3) is 0.464. The summed E-state index contributed by atoms with van der Waals surface area (Å²) >= 11 is 0. The molecule has 1 aliphatic rings. The highest BCUT2D eigenvalue weighted by Crippen LogP contribution is 2.14. The van der Waals surface area contributed by atoms with E-state index in [2.05, 4.69) is 19.1 Å². The van der Waals surface area contributed by atoms with E-state index in [4.69, 9.17) is 4.74 Å². The highest BCUT2D eigenvalue weighted by atomic mass is 16.5. The van der Waals surface area contributed by atoms with Crippen LogP contribution >= 0.6 is 0 Å². The van der Waals surface area contributed by atoms with E-state index >= 15 is 0 Å². The molecule has 0 aromatic heterocycles. The summed E-state index contributed by atoms with van der Waals surface area (Å²) in [5.41, 5.74) is 0.962. The first kappa shape index (κ1) is 27.6. The van der Waals surface area contributed by atoms with Crippen LogP contribution in [-0.2, 0) is 9.53 Å². The number of esters is 1. The quantitative estimate of drug-likeness (QED) is 0.423. The molecule has 176 valence electrons. The zero-order valence-electron chi connectivity index (χ0n) is 19.9. The van der Waals surface area contributed by atoms with Gasteiger partial charge in [-0.15, -0.1) is 0 Å². The Balaban J connectivity index is 2.99. The van der Waals surface area contributed by atoms with Crippen LogP contribution in [0, 0.1) is 11.8 Å². The van der Waals surface area contributed by atoms with Gasteiger partial charge in [0.15, 0.2) is 0 Å². The average molecular weight is 441 g/mol. The molecule has 0 saturated heterocycles. The second-order valence-corrected chi connectivity index (χ2v) is 8.36. The van der Waals surface area contributed by atoms with Gasteiger partial charge in [0, 0.05) is 24.8 Å². The Hall–Kier alpha value is -2.43. The van der Waals surface area contributed by atoms with E-state index in [0.717, 1.165) is 18.4 Å². The van der Waals surface area contributed by atoms with E-state index in [0.29, 0.717) is 12.3 Å². The third-order valence-electron chi connectivity index (χ3n) is 5.12. The van der Waals surface area contributed by atoms with Gasteiger partial charge in [0.05, 0.1) is 12.2 Å². The molecular weight excluding hydrogens is 400 g/mol. The van der Waals surface area contributed by atoms with Crippen LogP contribution in [0.3, 0.4) is 0 Å². The van der Waals surface area contributed by atoms with Gasteiger partial charge in [0.2, 0.25) is 0 Å². The molecule has 0 spiro atoms. The molecule has 0 saturated carbocycles. The van der Waals surface area contributed by atoms with Gasteiger partial charge < -0.3 is 14.9 Å². The fourth-order valence-electron chi connectivity index (χ4n) is 3.03. The molecule has 0 amide bonds. The predicted octanol–water partition coefficient (Wildman–Crippen LogP) is 5.77. The highest BCUT2D eigenvalue weighted by molar-refractivity contribution is 5.82. The number of aliphatic hydroxyl groups is 2. The van der Waals surface area contributed by atoms with Crippen LogP contribution in [0.1, 0.15) is 53.4 Å². The van der Waals surface area contributed by atoms with Gasteiger partial charge in [-0.25, -0.2) is 4.79 Å². The van der Waals surface area contributed by atoms with Gasteiger partial charge in [-0.3, -0.25) is 0 Å². The van der Waals surface area contributed by atoms with Crippen molar-refractivity contribution in [3.05, 3.63) is 84.6 Å². The fourth-order valence-corrected chi connectivity index (χ4v) is 3.03. The Kier molecular flexibility index (Phi) is 14.0. The summed E-state index contributed by atoms with van der Waals surface area (Å²) in [6, 6.07) is 0. The Morgan fingerprint density at radius 2 is 1.81 bits per heavy atom. The largest absolute Gasteiger partial charge is 0.455 e. The topological polar surface area (TPSA) is 66.8 Å². The van der Waals surface area contributed by atoms with E-state index in [9.17, 15) is 15.0 Å². The van der Waals surface area contributed by atoms with Crippen LogP contribution in [0.2, 0.25) is 0 Å². The average Bonchev–Trinajstić information content (AvgIpc) is 2.74. The van der Waals surface area contributed by atoms with E-state index in [1.807, 2.05) is 63.3 Å². The minimum absolute atomic E-state index is 0.0318. The van der Waals surface area contributed by atoms with Crippen molar-refractivity contribution < 1.29 is 19.7 Å². The van der Waals surface area contributed by atoms with Crippen molar-refractivity contribution in [2.75, 3.05) is 0 Å². The number of aliphatic hydroxyl groups excluding tert-OH is 2. The molecule has 0 aliphatic carbocycles. The molecule has 32 heavy (non-hydrogen) atoms. The molecule has 1 aliphatic heterocycles. The number of hydrogen-bond acceptors (Lipinski definition) is 4. The summed E-state index contributed by atoms with van der Waals surface area (Å²) in [7, 11) is 0. The van der Waals surface area contributed by atoms with Crippen molar-refractivity contribution in [3.8, 4) is 0 Å². The Morgan fingerprint density at radius 1 is 1.03 bits per heavy atom. The Bertz CT molecular complexity index is 751. The lowest BCUT2D eigenvalue weighted by Crippen LogP contribution is -2.21. The van der Waals surface area contributed by atoms with Crippen LogP contribution in [0.15, 0.2) is 84.6 Å². The third kappa shape index (κ3) is 13.1. The van der Waals surface area contributed by atoms with Crippen molar-refractivity contribution in [1.82, 2.24) is 0 Å². The van der Waals surface area contributed by atoms with Gasteiger partial charge in [-0.05, 0) is 31.8 Å². The second kappa shape index (κ2) is 16.2. The molecular formula is C28H40O4. The van der Waals surface area contributed by atoms with Crippen LogP contribution in [0.5, 0.6) is 0 Å². The van der Waals surface area contributed by atoms with Crippen molar-refractivity contribution in [2.24, 2.45) is 11.8 Å². The Labute approximate surface area is 194 Å². The van der Waals surface area contributed by atoms with E-state index in [1.54, 1.807) is 18.2 Å². The Morgan fingerprint density at radius 3 is 2.56 bits per heavy atom. The van der Waals surface area contributed by atoms with Gasteiger partial charge in [-0.1, -0.05) is 93.2 Å². The summed E-state index contributed by atoms with van der Waals surface area (Å²) in [5, 5.41) is 20.5. The number of ether oxygens (including phenoxy) is 1. The third-order valence-corrected chi connectivity index (χ3v) is 5.12. The maximum Gasteiger partial charge on any atom is 0.331 e. The first-order chi connectivity index (χ1) is 15.3. The predicted molar refractivity (Wildman–Crippen MR) is 133 cm³/mol. The summed E-state index contributed by atoms with van der Waals surface area (Å²) < 4.78 is 5.55. The lowest BCUT2D eigenvalue weighted by atomic mass is 9.97. The smallest absolute Gasteiger partial charge is 0.331 e. The van der Waals surface area contributed by atoms with E-state index < -0.39 is 12.2 Å². The zero-order chi connectivity index (χ0) is 23.8. The van der Waals surface area contributed by atoms with Crippen molar-refractivity contribution in [1.29, 1.82) is 0 Å². The summed E-state index contributed by atoms with van der Waals surface area (Å²) in [6.07, 6.45) is 25.2. The van der Waals surface area contributed by atoms with Gasteiger partial charge in [-0.2, -0.15) is 0 Å². The lowest BCUT2D eigenvalue weighted by Gasteiger charge is -2.17. The molecule has 0 aromatic rings. The molecule has 0 aromatic carbocycles.